The highest BCUT2D eigenvalue weighted by molar-refractivity contribution is 6.34. The summed E-state index contributed by atoms with van der Waals surface area (Å²) in [5.74, 6) is 0. The van der Waals surface area contributed by atoms with E-state index in [9.17, 15) is 0 Å². The van der Waals surface area contributed by atoms with E-state index in [0.29, 0.717) is 0 Å². The Hall–Kier alpha value is -0.470. The highest BCUT2D eigenvalue weighted by Gasteiger charge is 2.16. The first-order valence-corrected chi connectivity index (χ1v) is 4.55. The van der Waals surface area contributed by atoms with Crippen molar-refractivity contribution < 1.29 is 0 Å². The molecule has 1 aliphatic carbocycles. The first kappa shape index (κ1) is 8.14. The van der Waals surface area contributed by atoms with Crippen molar-refractivity contribution in [1.82, 2.24) is 9.55 Å². The number of hydrogen-bond donors (Lipinski definition) is 0. The van der Waals surface area contributed by atoms with Gasteiger partial charge in [0, 0.05) is 7.05 Å². The summed E-state index contributed by atoms with van der Waals surface area (Å²) < 4.78 is 1.93. The maximum atomic E-state index is 5.96. The van der Waals surface area contributed by atoms with Crippen LogP contribution in [0.15, 0.2) is 6.33 Å². The topological polar surface area (TPSA) is 17.8 Å². The minimum absolute atomic E-state index is 0.130. The number of nitrogens with zero attached hydrogens (tertiary/aromatic N) is 2. The van der Waals surface area contributed by atoms with E-state index in [0.717, 1.165) is 10.7 Å². The number of aromatic nitrogens is 2. The van der Waals surface area contributed by atoms with Gasteiger partial charge in [-0.05, 0) is 12.2 Å². The number of aryl methyl sites for hydroxylation is 1. The van der Waals surface area contributed by atoms with Crippen molar-refractivity contribution in [3.8, 4) is 0 Å². The lowest BCUT2D eigenvalue weighted by atomic mass is 10.2. The van der Waals surface area contributed by atoms with Gasteiger partial charge in [0.15, 0.2) is 0 Å². The Morgan fingerprint density at radius 3 is 2.75 bits per heavy atom. The molecule has 1 heterocycles. The molecule has 0 radical (unpaired) electrons. The number of rotatable bonds is 0. The van der Waals surface area contributed by atoms with Crippen LogP contribution in [-0.4, -0.2) is 20.3 Å². The average Bonchev–Trinajstić information content (AvgIpc) is 2.35. The van der Waals surface area contributed by atoms with Gasteiger partial charge in [0.05, 0.1) is 27.8 Å². The molecule has 0 spiro atoms. The second-order valence-electron chi connectivity index (χ2n) is 2.85. The van der Waals surface area contributed by atoms with E-state index < -0.39 is 0 Å². The van der Waals surface area contributed by atoms with Crippen molar-refractivity contribution in [3.05, 3.63) is 17.0 Å². The number of fused-ring (bicyclic) bond motifs is 1. The number of alkyl halides is 2. The molecule has 0 saturated carbocycles. The fourth-order valence-corrected chi connectivity index (χ4v) is 1.66. The van der Waals surface area contributed by atoms with Crippen molar-refractivity contribution in [2.45, 2.75) is 10.8 Å². The molecule has 0 N–H and O–H groups in total. The summed E-state index contributed by atoms with van der Waals surface area (Å²) in [4.78, 5) is 4.17. The van der Waals surface area contributed by atoms with E-state index in [1.807, 2.05) is 23.8 Å². The third-order valence-electron chi connectivity index (χ3n) is 1.95. The van der Waals surface area contributed by atoms with Crippen LogP contribution in [0.2, 0.25) is 0 Å². The molecule has 0 saturated heterocycles. The Morgan fingerprint density at radius 1 is 1.33 bits per heavy atom. The van der Waals surface area contributed by atoms with Gasteiger partial charge in [0.1, 0.15) is 0 Å². The Kier molecular flexibility index (Phi) is 1.89. The molecule has 0 aliphatic heterocycles. The van der Waals surface area contributed by atoms with Gasteiger partial charge in [0.25, 0.3) is 0 Å². The Labute approximate surface area is 80.1 Å². The third kappa shape index (κ3) is 1.15. The molecule has 64 valence electrons. The quantitative estimate of drug-likeness (QED) is 0.551. The molecule has 0 aromatic carbocycles. The van der Waals surface area contributed by atoms with E-state index in [4.69, 9.17) is 23.2 Å². The monoisotopic (exact) mass is 202 g/mol. The fourth-order valence-electron chi connectivity index (χ4n) is 1.27. The van der Waals surface area contributed by atoms with Crippen LogP contribution in [0.3, 0.4) is 0 Å². The normalized spacial score (nSPS) is 27.2. The maximum absolute atomic E-state index is 5.96. The first-order valence-electron chi connectivity index (χ1n) is 3.67. The van der Waals surface area contributed by atoms with Gasteiger partial charge in [0.2, 0.25) is 0 Å². The minimum atomic E-state index is -0.144. The van der Waals surface area contributed by atoms with Crippen molar-refractivity contribution in [3.63, 3.8) is 0 Å². The van der Waals surface area contributed by atoms with Crippen LogP contribution in [0.4, 0.5) is 0 Å². The van der Waals surface area contributed by atoms with Crippen LogP contribution in [0.1, 0.15) is 0 Å². The largest absolute Gasteiger partial charge is 0.334 e. The Bertz CT molecular complexity index is 407. The molecule has 2 rings (SSSR count). The second kappa shape index (κ2) is 2.79. The molecule has 2 nitrogen and oxygen atoms in total. The van der Waals surface area contributed by atoms with Gasteiger partial charge >= 0.3 is 0 Å². The molecule has 1 aliphatic rings. The first-order chi connectivity index (χ1) is 5.68. The maximum Gasteiger partial charge on any atom is 0.0955 e. The highest BCUT2D eigenvalue weighted by atomic mass is 35.5. The summed E-state index contributed by atoms with van der Waals surface area (Å²) >= 11 is 11.9. The minimum Gasteiger partial charge on any atom is -0.334 e. The predicted molar refractivity (Wildman–Crippen MR) is 50.7 cm³/mol. The smallest absolute Gasteiger partial charge is 0.0955 e. The van der Waals surface area contributed by atoms with Gasteiger partial charge in [-0.15, -0.1) is 23.2 Å². The number of hydrogen-bond acceptors (Lipinski definition) is 1. The predicted octanol–water partition coefficient (Wildman–Crippen LogP) is 0.210. The summed E-state index contributed by atoms with van der Waals surface area (Å²) in [5.41, 5.74) is 0. The zero-order valence-corrected chi connectivity index (χ0v) is 8.05. The molecular weight excluding hydrogens is 195 g/mol. The van der Waals surface area contributed by atoms with Gasteiger partial charge < -0.3 is 4.57 Å². The third-order valence-corrected chi connectivity index (χ3v) is 2.87. The average molecular weight is 203 g/mol. The Morgan fingerprint density at radius 2 is 2.00 bits per heavy atom. The van der Waals surface area contributed by atoms with Crippen LogP contribution >= 0.6 is 23.2 Å². The van der Waals surface area contributed by atoms with Gasteiger partial charge in [-0.1, -0.05) is 0 Å². The van der Waals surface area contributed by atoms with Crippen LogP contribution in [0.25, 0.3) is 12.2 Å². The summed E-state index contributed by atoms with van der Waals surface area (Å²) in [7, 11) is 1.94. The summed E-state index contributed by atoms with van der Waals surface area (Å²) in [5, 5.41) is 1.70. The van der Waals surface area contributed by atoms with Gasteiger partial charge in [-0.2, -0.15) is 0 Å². The van der Waals surface area contributed by atoms with Crippen molar-refractivity contribution in [1.29, 1.82) is 0 Å². The molecule has 0 fully saturated rings. The lowest BCUT2D eigenvalue weighted by Crippen LogP contribution is -2.36. The lowest BCUT2D eigenvalue weighted by Gasteiger charge is -2.10. The van der Waals surface area contributed by atoms with Crippen molar-refractivity contribution in [2.24, 2.45) is 7.05 Å². The Balaban J connectivity index is 2.73. The lowest BCUT2D eigenvalue weighted by molar-refractivity contribution is 0.873. The molecule has 2 unspecified atom stereocenters. The highest BCUT2D eigenvalue weighted by Crippen LogP contribution is 2.13. The molecule has 2 atom stereocenters. The fraction of sp³-hybridized carbons (Fsp3) is 0.375. The molecule has 4 heteroatoms. The van der Waals surface area contributed by atoms with Crippen molar-refractivity contribution >= 4 is 35.4 Å². The summed E-state index contributed by atoms with van der Waals surface area (Å²) in [6.45, 7) is 0. The van der Waals surface area contributed by atoms with Gasteiger partial charge in [-0.25, -0.2) is 4.98 Å². The van der Waals surface area contributed by atoms with Crippen LogP contribution < -0.4 is 10.7 Å². The SMILES string of the molecule is Cn1cnc2c1=CC(Cl)C(Cl)C=2. The second-order valence-corrected chi connectivity index (χ2v) is 3.86. The van der Waals surface area contributed by atoms with E-state index in [2.05, 4.69) is 4.98 Å². The zero-order chi connectivity index (χ0) is 8.72. The molecule has 0 bridgehead atoms. The van der Waals surface area contributed by atoms with E-state index in [1.165, 1.54) is 0 Å². The van der Waals surface area contributed by atoms with Crippen LogP contribution in [0, 0.1) is 0 Å². The molecule has 1 aromatic rings. The molecular formula is C8H8Cl2N2. The van der Waals surface area contributed by atoms with Crippen LogP contribution in [-0.2, 0) is 7.05 Å². The zero-order valence-electron chi connectivity index (χ0n) is 6.54. The summed E-state index contributed by atoms with van der Waals surface area (Å²) in [6, 6.07) is 0. The number of halogens is 2. The van der Waals surface area contributed by atoms with Crippen LogP contribution in [0.5, 0.6) is 0 Å². The van der Waals surface area contributed by atoms with Gasteiger partial charge in [-0.3, -0.25) is 0 Å². The number of imidazole rings is 1. The van der Waals surface area contributed by atoms with E-state index >= 15 is 0 Å². The van der Waals surface area contributed by atoms with E-state index in [-0.39, 0.29) is 10.8 Å². The molecule has 12 heavy (non-hydrogen) atoms. The molecule has 0 amide bonds. The summed E-state index contributed by atoms with van der Waals surface area (Å²) in [6.07, 6.45) is 5.58. The van der Waals surface area contributed by atoms with E-state index in [1.54, 1.807) is 6.33 Å². The molecule has 1 aromatic heterocycles. The van der Waals surface area contributed by atoms with Crippen molar-refractivity contribution in [2.75, 3.05) is 0 Å². The standard InChI is InChI=1S/C8H8Cl2N2/c1-12-4-11-7-2-5(9)6(10)3-8(7)12/h2-6H,1H3.